The van der Waals surface area contributed by atoms with Gasteiger partial charge in [-0.2, -0.15) is 0 Å². The SMILES string of the molecule is Cc1cc(=O)oc2c1ccc1oc(=N)c(C(=O)NCc3ccccc3)cc12. The number of hydrogen-bond donors (Lipinski definition) is 2. The summed E-state index contributed by atoms with van der Waals surface area (Å²) in [5, 5.41) is 12.1. The summed E-state index contributed by atoms with van der Waals surface area (Å²) >= 11 is 0. The normalized spacial score (nSPS) is 11.0. The van der Waals surface area contributed by atoms with Gasteiger partial charge in [0.25, 0.3) is 5.91 Å². The zero-order valence-electron chi connectivity index (χ0n) is 14.5. The quantitative estimate of drug-likeness (QED) is 0.433. The molecule has 0 spiro atoms. The molecule has 134 valence electrons. The average molecular weight is 360 g/mol. The Hall–Kier alpha value is -3.67. The maximum absolute atomic E-state index is 12.6. The molecule has 0 bridgehead atoms. The number of aryl methyl sites for hydroxylation is 1. The van der Waals surface area contributed by atoms with Crippen molar-refractivity contribution in [3.63, 3.8) is 0 Å². The Balaban J connectivity index is 1.80. The number of benzene rings is 2. The first-order valence-electron chi connectivity index (χ1n) is 8.41. The molecule has 0 aliphatic heterocycles. The van der Waals surface area contributed by atoms with Gasteiger partial charge in [0, 0.05) is 18.0 Å². The van der Waals surface area contributed by atoms with E-state index in [1.165, 1.54) is 12.1 Å². The summed E-state index contributed by atoms with van der Waals surface area (Å²) in [6.45, 7) is 2.15. The molecule has 2 aromatic carbocycles. The van der Waals surface area contributed by atoms with E-state index in [-0.39, 0.29) is 11.1 Å². The number of carbonyl (C=O) groups is 1. The van der Waals surface area contributed by atoms with E-state index in [0.717, 1.165) is 16.5 Å². The summed E-state index contributed by atoms with van der Waals surface area (Å²) in [7, 11) is 0. The molecule has 0 saturated heterocycles. The van der Waals surface area contributed by atoms with Gasteiger partial charge >= 0.3 is 5.63 Å². The van der Waals surface area contributed by atoms with Crippen LogP contribution in [0.4, 0.5) is 0 Å². The lowest BCUT2D eigenvalue weighted by molar-refractivity contribution is 0.0946. The van der Waals surface area contributed by atoms with E-state index in [4.69, 9.17) is 14.2 Å². The number of carbonyl (C=O) groups excluding carboxylic acids is 1. The minimum absolute atomic E-state index is 0.0788. The van der Waals surface area contributed by atoms with Gasteiger partial charge in [-0.05, 0) is 36.2 Å². The van der Waals surface area contributed by atoms with Gasteiger partial charge < -0.3 is 14.2 Å². The molecule has 0 fully saturated rings. The molecule has 0 unspecified atom stereocenters. The largest absolute Gasteiger partial charge is 0.438 e. The van der Waals surface area contributed by atoms with Crippen molar-refractivity contribution in [2.24, 2.45) is 0 Å². The molecular weight excluding hydrogens is 344 g/mol. The van der Waals surface area contributed by atoms with Crippen LogP contribution in [-0.4, -0.2) is 5.91 Å². The first kappa shape index (κ1) is 16.8. The predicted octanol–water partition coefficient (Wildman–Crippen LogP) is 3.26. The third-order valence-electron chi connectivity index (χ3n) is 4.40. The van der Waals surface area contributed by atoms with Gasteiger partial charge in [0.2, 0.25) is 5.55 Å². The smallest absolute Gasteiger partial charge is 0.336 e. The standard InChI is InChI=1S/C21H16N2O4/c1-12-9-18(24)27-19-14(12)7-8-17-15(19)10-16(20(22)26-17)21(25)23-11-13-5-3-2-4-6-13/h2-10,22H,11H2,1H3,(H,23,25). The monoisotopic (exact) mass is 360 g/mol. The van der Waals surface area contributed by atoms with Crippen molar-refractivity contribution in [3.8, 4) is 0 Å². The van der Waals surface area contributed by atoms with Crippen molar-refractivity contribution in [2.45, 2.75) is 13.5 Å². The fraction of sp³-hybridized carbons (Fsp3) is 0.0952. The fourth-order valence-corrected chi connectivity index (χ4v) is 3.03. The van der Waals surface area contributed by atoms with E-state index in [2.05, 4.69) is 5.32 Å². The predicted molar refractivity (Wildman–Crippen MR) is 100 cm³/mol. The highest BCUT2D eigenvalue weighted by Gasteiger charge is 2.15. The van der Waals surface area contributed by atoms with Crippen molar-refractivity contribution in [2.75, 3.05) is 0 Å². The van der Waals surface area contributed by atoms with E-state index >= 15 is 0 Å². The van der Waals surface area contributed by atoms with Crippen LogP contribution in [0.25, 0.3) is 21.9 Å². The molecule has 0 saturated carbocycles. The molecule has 4 aromatic rings. The topological polar surface area (TPSA) is 96.3 Å². The van der Waals surface area contributed by atoms with Crippen LogP contribution in [0.3, 0.4) is 0 Å². The Morgan fingerprint density at radius 3 is 2.59 bits per heavy atom. The summed E-state index contributed by atoms with van der Waals surface area (Å²) in [6.07, 6.45) is 0. The number of fused-ring (bicyclic) bond motifs is 3. The Bertz CT molecular complexity index is 1290. The molecule has 0 atom stereocenters. The van der Waals surface area contributed by atoms with Crippen LogP contribution in [0, 0.1) is 12.3 Å². The molecule has 27 heavy (non-hydrogen) atoms. The summed E-state index contributed by atoms with van der Waals surface area (Å²) in [4.78, 5) is 24.3. The van der Waals surface area contributed by atoms with Crippen molar-refractivity contribution in [1.29, 1.82) is 5.41 Å². The van der Waals surface area contributed by atoms with Crippen LogP contribution in [0.5, 0.6) is 0 Å². The first-order valence-corrected chi connectivity index (χ1v) is 8.41. The molecule has 2 heterocycles. The molecule has 0 aliphatic carbocycles. The zero-order chi connectivity index (χ0) is 19.0. The van der Waals surface area contributed by atoms with E-state index in [1.54, 1.807) is 12.1 Å². The van der Waals surface area contributed by atoms with Crippen molar-refractivity contribution < 1.29 is 13.6 Å². The molecule has 4 rings (SSSR count). The lowest BCUT2D eigenvalue weighted by Gasteiger charge is -2.08. The molecule has 6 nitrogen and oxygen atoms in total. The number of nitrogens with one attached hydrogen (secondary N) is 2. The Kier molecular flexibility index (Phi) is 4.08. The second-order valence-corrected chi connectivity index (χ2v) is 6.26. The fourth-order valence-electron chi connectivity index (χ4n) is 3.03. The van der Waals surface area contributed by atoms with Crippen LogP contribution in [0.1, 0.15) is 21.5 Å². The highest BCUT2D eigenvalue weighted by atomic mass is 16.4. The molecular formula is C21H16N2O4. The first-order chi connectivity index (χ1) is 13.0. The van der Waals surface area contributed by atoms with Gasteiger partial charge in [0.05, 0.1) is 5.39 Å². The highest BCUT2D eigenvalue weighted by Crippen LogP contribution is 2.26. The summed E-state index contributed by atoms with van der Waals surface area (Å²) in [5.74, 6) is -0.429. The van der Waals surface area contributed by atoms with Gasteiger partial charge in [0.1, 0.15) is 16.7 Å². The zero-order valence-corrected chi connectivity index (χ0v) is 14.5. The van der Waals surface area contributed by atoms with Crippen LogP contribution >= 0.6 is 0 Å². The van der Waals surface area contributed by atoms with E-state index < -0.39 is 11.5 Å². The van der Waals surface area contributed by atoms with E-state index in [9.17, 15) is 9.59 Å². The van der Waals surface area contributed by atoms with Crippen molar-refractivity contribution in [1.82, 2.24) is 5.32 Å². The molecule has 0 radical (unpaired) electrons. The third kappa shape index (κ3) is 3.13. The van der Waals surface area contributed by atoms with Crippen LogP contribution in [0.15, 0.2) is 68.2 Å². The molecule has 6 heteroatoms. The van der Waals surface area contributed by atoms with Crippen LogP contribution in [0.2, 0.25) is 0 Å². The number of hydrogen-bond acceptors (Lipinski definition) is 5. The highest BCUT2D eigenvalue weighted by molar-refractivity contribution is 6.05. The Morgan fingerprint density at radius 1 is 1.04 bits per heavy atom. The lowest BCUT2D eigenvalue weighted by Crippen LogP contribution is -2.27. The summed E-state index contributed by atoms with van der Waals surface area (Å²) in [5.41, 5.74) is 1.80. The van der Waals surface area contributed by atoms with Gasteiger partial charge in [0.15, 0.2) is 0 Å². The second-order valence-electron chi connectivity index (χ2n) is 6.26. The lowest BCUT2D eigenvalue weighted by atomic mass is 10.1. The number of rotatable bonds is 3. The van der Waals surface area contributed by atoms with E-state index in [1.807, 2.05) is 37.3 Å². The van der Waals surface area contributed by atoms with Crippen LogP contribution < -0.4 is 16.5 Å². The Morgan fingerprint density at radius 2 is 1.81 bits per heavy atom. The van der Waals surface area contributed by atoms with Gasteiger partial charge in [-0.15, -0.1) is 0 Å². The third-order valence-corrected chi connectivity index (χ3v) is 4.40. The van der Waals surface area contributed by atoms with Gasteiger partial charge in [-0.1, -0.05) is 30.3 Å². The van der Waals surface area contributed by atoms with Gasteiger partial charge in [-0.3, -0.25) is 10.2 Å². The maximum Gasteiger partial charge on any atom is 0.336 e. The molecule has 2 aromatic heterocycles. The summed E-state index contributed by atoms with van der Waals surface area (Å²) in [6, 6.07) is 15.9. The molecule has 2 N–H and O–H groups in total. The number of amides is 1. The van der Waals surface area contributed by atoms with Gasteiger partial charge in [-0.25, -0.2) is 4.79 Å². The van der Waals surface area contributed by atoms with E-state index in [0.29, 0.717) is 23.1 Å². The van der Waals surface area contributed by atoms with Crippen molar-refractivity contribution in [3.05, 3.63) is 87.3 Å². The average Bonchev–Trinajstić information content (AvgIpc) is 2.66. The summed E-state index contributed by atoms with van der Waals surface area (Å²) < 4.78 is 10.8. The second kappa shape index (κ2) is 6.57. The van der Waals surface area contributed by atoms with Crippen molar-refractivity contribution >= 4 is 27.8 Å². The molecule has 0 aliphatic rings. The minimum atomic E-state index is -0.475. The molecule has 1 amide bonds. The van der Waals surface area contributed by atoms with Crippen LogP contribution in [-0.2, 0) is 6.54 Å². The minimum Gasteiger partial charge on any atom is -0.438 e. The Labute approximate surface area is 153 Å². The maximum atomic E-state index is 12.6.